The van der Waals surface area contributed by atoms with Crippen LogP contribution in [0.3, 0.4) is 0 Å². The number of methoxy groups -OCH3 is 2. The molecule has 0 amide bonds. The smallest absolute Gasteiger partial charge is 0.229 e. The van der Waals surface area contributed by atoms with Gasteiger partial charge in [-0.25, -0.2) is 0 Å². The van der Waals surface area contributed by atoms with Gasteiger partial charge in [0.25, 0.3) is 0 Å². The van der Waals surface area contributed by atoms with Crippen LogP contribution in [0.25, 0.3) is 0 Å². The van der Waals surface area contributed by atoms with Gasteiger partial charge in [0, 0.05) is 11.8 Å². The van der Waals surface area contributed by atoms with Gasteiger partial charge >= 0.3 is 0 Å². The molecule has 0 saturated carbocycles. The maximum absolute atomic E-state index is 10.4. The lowest BCUT2D eigenvalue weighted by Gasteiger charge is -2.39. The molecule has 0 radical (unpaired) electrons. The first kappa shape index (κ1) is 35.0. The van der Waals surface area contributed by atoms with Crippen molar-refractivity contribution in [1.29, 1.82) is 0 Å². The van der Waals surface area contributed by atoms with Crippen molar-refractivity contribution in [2.24, 2.45) is 11.8 Å². The van der Waals surface area contributed by atoms with Gasteiger partial charge in [-0.1, -0.05) is 12.1 Å². The van der Waals surface area contributed by atoms with Crippen molar-refractivity contribution in [1.82, 2.24) is 0 Å². The number of hydrogen-bond donors (Lipinski definition) is 8. The highest BCUT2D eigenvalue weighted by Gasteiger charge is 2.49. The number of hydrogen-bond acceptors (Lipinski definition) is 16. The molecule has 2 aromatic carbocycles. The fourth-order valence-corrected chi connectivity index (χ4v) is 6.73. The summed E-state index contributed by atoms with van der Waals surface area (Å²) in [4.78, 5) is 0. The predicted octanol–water partition coefficient (Wildman–Crippen LogP) is -1.86. The Morgan fingerprint density at radius 3 is 1.31 bits per heavy atom. The van der Waals surface area contributed by atoms with Crippen LogP contribution < -0.4 is 18.9 Å². The van der Waals surface area contributed by atoms with Gasteiger partial charge in [0.1, 0.15) is 48.8 Å². The van der Waals surface area contributed by atoms with Gasteiger partial charge in [-0.15, -0.1) is 0 Å². The van der Waals surface area contributed by atoms with Gasteiger partial charge in [-0.2, -0.15) is 0 Å². The molecule has 0 aromatic heterocycles. The first-order valence-corrected chi connectivity index (χ1v) is 15.6. The van der Waals surface area contributed by atoms with Crippen molar-refractivity contribution in [2.75, 3.05) is 40.6 Å². The lowest BCUT2D eigenvalue weighted by Crippen LogP contribution is -2.60. The predicted molar refractivity (Wildman–Crippen MR) is 159 cm³/mol. The van der Waals surface area contributed by atoms with Crippen molar-refractivity contribution in [3.05, 3.63) is 47.5 Å². The van der Waals surface area contributed by atoms with Gasteiger partial charge in [-0.3, -0.25) is 0 Å². The van der Waals surface area contributed by atoms with Crippen LogP contribution >= 0.6 is 0 Å². The number of aliphatic hydroxyl groups is 8. The van der Waals surface area contributed by atoms with Gasteiger partial charge < -0.3 is 78.7 Å². The topological polar surface area (TPSA) is 236 Å². The van der Waals surface area contributed by atoms with Gasteiger partial charge in [0.2, 0.25) is 12.6 Å². The van der Waals surface area contributed by atoms with Crippen LogP contribution in [0.5, 0.6) is 23.0 Å². The molecule has 4 heterocycles. The van der Waals surface area contributed by atoms with Crippen LogP contribution in [0.15, 0.2) is 36.4 Å². The minimum Gasteiger partial charge on any atom is -0.493 e. The van der Waals surface area contributed by atoms with Crippen molar-refractivity contribution < 1.29 is 78.7 Å². The monoisotopic (exact) mass is 682 g/mol. The quantitative estimate of drug-likeness (QED) is 0.137. The molecule has 6 rings (SSSR count). The van der Waals surface area contributed by atoms with E-state index in [2.05, 4.69) is 0 Å². The maximum Gasteiger partial charge on any atom is 0.229 e. The van der Waals surface area contributed by atoms with E-state index in [0.717, 1.165) is 11.1 Å². The highest BCUT2D eigenvalue weighted by Crippen LogP contribution is 2.52. The molecule has 0 bridgehead atoms. The van der Waals surface area contributed by atoms with Crippen LogP contribution in [-0.4, -0.2) is 143 Å². The van der Waals surface area contributed by atoms with Gasteiger partial charge in [0.15, 0.2) is 23.0 Å². The zero-order valence-corrected chi connectivity index (χ0v) is 26.2. The largest absolute Gasteiger partial charge is 0.493 e. The zero-order valence-electron chi connectivity index (χ0n) is 26.2. The van der Waals surface area contributed by atoms with E-state index in [0.29, 0.717) is 24.7 Å². The Hall–Kier alpha value is -2.84. The Kier molecular flexibility index (Phi) is 10.6. The molecule has 4 fully saturated rings. The maximum atomic E-state index is 10.4. The normalized spacial score (nSPS) is 39.5. The van der Waals surface area contributed by atoms with E-state index in [9.17, 15) is 40.9 Å². The summed E-state index contributed by atoms with van der Waals surface area (Å²) in [6.07, 6.45) is -15.0. The van der Waals surface area contributed by atoms with Crippen LogP contribution in [0.4, 0.5) is 0 Å². The summed E-state index contributed by atoms with van der Waals surface area (Å²) in [5.74, 6) is 0.997. The summed E-state index contributed by atoms with van der Waals surface area (Å²) in [7, 11) is 2.90. The SMILES string of the molecule is COc1cc([C@H]2OC[C@H]3[C@@H]2CO[C@@H]3c2ccc(O[C@@H]3O[C@H](CO)[C@H](O)[C@@H](O)[C@H]3O)c(OC)c2)ccc1O[C@@H]1O[C@H](CO)[C@H](O)[C@@H](O)[C@H]1O. The second kappa shape index (κ2) is 14.6. The Balaban J connectivity index is 1.14. The van der Waals surface area contributed by atoms with E-state index in [1.807, 2.05) is 0 Å². The van der Waals surface area contributed by atoms with E-state index < -0.39 is 74.6 Å². The third-order valence-electron chi connectivity index (χ3n) is 9.48. The van der Waals surface area contributed by atoms with E-state index in [1.165, 1.54) is 14.2 Å². The molecule has 4 aliphatic heterocycles. The first-order valence-electron chi connectivity index (χ1n) is 15.6. The number of aliphatic hydroxyl groups excluding tert-OH is 8. The second-order valence-electron chi connectivity index (χ2n) is 12.3. The minimum absolute atomic E-state index is 0.0204. The van der Waals surface area contributed by atoms with E-state index in [1.54, 1.807) is 36.4 Å². The molecule has 266 valence electrons. The Morgan fingerprint density at radius 2 is 0.958 bits per heavy atom. The number of fused-ring (bicyclic) bond motifs is 1. The molecule has 4 saturated heterocycles. The molecular weight excluding hydrogens is 640 g/mol. The number of benzene rings is 2. The molecule has 48 heavy (non-hydrogen) atoms. The summed E-state index contributed by atoms with van der Waals surface area (Å²) in [6, 6.07) is 10.3. The standard InChI is InChI=1S/C32H42O16/c1-41-19-7-13(3-5-17(19)45-31-27(39)25(37)23(35)21(9-33)47-31)29-15-11-44-30(16(15)12-43-29)14-4-6-18(20(8-14)42-2)46-32-28(40)26(38)24(36)22(10-34)48-32/h3-8,15-16,21-40H,9-12H2,1-2H3/t15-,16-,21+,22+,23-,24-,25+,26+,27+,28+,29+,30+,31+,32+/m0/s1. The molecule has 4 aliphatic rings. The minimum atomic E-state index is -1.59. The summed E-state index contributed by atoms with van der Waals surface area (Å²) in [5, 5.41) is 80.1. The van der Waals surface area contributed by atoms with Crippen LogP contribution in [-0.2, 0) is 18.9 Å². The second-order valence-corrected chi connectivity index (χ2v) is 12.3. The van der Waals surface area contributed by atoms with Gasteiger partial charge in [0.05, 0.1) is 52.9 Å². The van der Waals surface area contributed by atoms with E-state index in [-0.39, 0.29) is 35.5 Å². The fourth-order valence-electron chi connectivity index (χ4n) is 6.73. The number of ether oxygens (including phenoxy) is 8. The summed E-state index contributed by atoms with van der Waals surface area (Å²) < 4.78 is 46.1. The molecular formula is C32H42O16. The summed E-state index contributed by atoms with van der Waals surface area (Å²) in [5.41, 5.74) is 1.59. The summed E-state index contributed by atoms with van der Waals surface area (Å²) >= 11 is 0. The molecule has 8 N–H and O–H groups in total. The molecule has 2 aromatic rings. The average molecular weight is 683 g/mol. The molecule has 0 spiro atoms. The highest BCUT2D eigenvalue weighted by molar-refractivity contribution is 5.46. The van der Waals surface area contributed by atoms with Gasteiger partial charge in [-0.05, 0) is 35.4 Å². The van der Waals surface area contributed by atoms with Crippen molar-refractivity contribution in [3.63, 3.8) is 0 Å². The lowest BCUT2D eigenvalue weighted by atomic mass is 9.85. The Morgan fingerprint density at radius 1 is 0.562 bits per heavy atom. The fraction of sp³-hybridized carbons (Fsp3) is 0.625. The van der Waals surface area contributed by atoms with Crippen molar-refractivity contribution in [3.8, 4) is 23.0 Å². The van der Waals surface area contributed by atoms with Crippen LogP contribution in [0, 0.1) is 11.8 Å². The Bertz CT molecular complexity index is 1290. The van der Waals surface area contributed by atoms with E-state index in [4.69, 9.17) is 37.9 Å². The third-order valence-corrected chi connectivity index (χ3v) is 9.48. The zero-order chi connectivity index (χ0) is 34.3. The number of rotatable bonds is 10. The van der Waals surface area contributed by atoms with E-state index >= 15 is 0 Å². The lowest BCUT2D eigenvalue weighted by molar-refractivity contribution is -0.277. The van der Waals surface area contributed by atoms with Crippen molar-refractivity contribution in [2.45, 2.75) is 73.6 Å². The first-order chi connectivity index (χ1) is 23.1. The molecule has 0 unspecified atom stereocenters. The van der Waals surface area contributed by atoms with Crippen LogP contribution in [0.2, 0.25) is 0 Å². The molecule has 0 aliphatic carbocycles. The van der Waals surface area contributed by atoms with Crippen molar-refractivity contribution >= 4 is 0 Å². The molecule has 16 nitrogen and oxygen atoms in total. The summed E-state index contributed by atoms with van der Waals surface area (Å²) in [6.45, 7) is -0.371. The highest BCUT2D eigenvalue weighted by atomic mass is 16.7. The molecule has 16 heteroatoms. The Labute approximate surface area is 275 Å². The van der Waals surface area contributed by atoms with Crippen LogP contribution in [0.1, 0.15) is 23.3 Å². The third kappa shape index (κ3) is 6.44. The molecule has 14 atom stereocenters. The average Bonchev–Trinajstić information content (AvgIpc) is 3.72.